The number of carbonyl (C=O) groups excluding carboxylic acids is 1. The molecule has 3 aromatic rings. The Bertz CT molecular complexity index is 1060. The number of H-pyrrole nitrogens is 1. The number of aromatic amines is 1. The number of piperazine rings is 1. The number of hydrogen-bond acceptors (Lipinski definition) is 6. The van der Waals surface area contributed by atoms with E-state index in [2.05, 4.69) is 30.1 Å². The van der Waals surface area contributed by atoms with E-state index >= 15 is 0 Å². The van der Waals surface area contributed by atoms with Gasteiger partial charge < -0.3 is 15.2 Å². The van der Waals surface area contributed by atoms with Crippen molar-refractivity contribution in [1.82, 2.24) is 29.7 Å². The fraction of sp³-hybridized carbons (Fsp3) is 0.400. The van der Waals surface area contributed by atoms with Crippen molar-refractivity contribution in [2.75, 3.05) is 38.1 Å². The molecule has 0 radical (unpaired) electrons. The zero-order valence-electron chi connectivity index (χ0n) is 16.7. The lowest BCUT2D eigenvalue weighted by Crippen LogP contribution is -2.46. The number of aryl methyl sites for hydroxylation is 1. The van der Waals surface area contributed by atoms with Crippen LogP contribution >= 0.6 is 0 Å². The third-order valence-corrected chi connectivity index (χ3v) is 5.36. The van der Waals surface area contributed by atoms with Gasteiger partial charge in [0.05, 0.1) is 34.8 Å². The third-order valence-electron chi connectivity index (χ3n) is 5.36. The molecule has 3 aromatic heterocycles. The SMILES string of the molecule is CCn1c(=O)[nH]c2cc(CN3CCN(c4ccc(C(=O)NC)nc4)CC3)ncc21. The van der Waals surface area contributed by atoms with Crippen molar-refractivity contribution < 1.29 is 4.79 Å². The Morgan fingerprint density at radius 3 is 2.62 bits per heavy atom. The van der Waals surface area contributed by atoms with Crippen LogP contribution in [0, 0.1) is 0 Å². The van der Waals surface area contributed by atoms with Gasteiger partial charge in [-0.3, -0.25) is 19.2 Å². The topological polar surface area (TPSA) is 99.2 Å². The van der Waals surface area contributed by atoms with Gasteiger partial charge >= 0.3 is 5.69 Å². The van der Waals surface area contributed by atoms with Gasteiger partial charge in [0.15, 0.2) is 0 Å². The summed E-state index contributed by atoms with van der Waals surface area (Å²) in [4.78, 5) is 39.9. The van der Waals surface area contributed by atoms with Gasteiger partial charge in [-0.15, -0.1) is 0 Å². The van der Waals surface area contributed by atoms with Crippen LogP contribution in [0.15, 0.2) is 35.4 Å². The molecule has 0 aliphatic carbocycles. The van der Waals surface area contributed by atoms with E-state index in [1.54, 1.807) is 30.1 Å². The second kappa shape index (κ2) is 8.04. The molecule has 2 N–H and O–H groups in total. The summed E-state index contributed by atoms with van der Waals surface area (Å²) < 4.78 is 1.69. The number of carbonyl (C=O) groups is 1. The van der Waals surface area contributed by atoms with E-state index in [4.69, 9.17) is 0 Å². The summed E-state index contributed by atoms with van der Waals surface area (Å²) in [6.45, 7) is 6.90. The molecule has 152 valence electrons. The van der Waals surface area contributed by atoms with Gasteiger partial charge in [-0.1, -0.05) is 0 Å². The summed E-state index contributed by atoms with van der Waals surface area (Å²) in [7, 11) is 1.60. The molecule has 0 unspecified atom stereocenters. The summed E-state index contributed by atoms with van der Waals surface area (Å²) >= 11 is 0. The summed E-state index contributed by atoms with van der Waals surface area (Å²) in [6, 6.07) is 5.66. The van der Waals surface area contributed by atoms with Gasteiger partial charge in [-0.05, 0) is 25.1 Å². The van der Waals surface area contributed by atoms with Gasteiger partial charge in [-0.2, -0.15) is 0 Å². The first-order valence-electron chi connectivity index (χ1n) is 9.82. The van der Waals surface area contributed by atoms with Crippen LogP contribution in [0.5, 0.6) is 0 Å². The molecule has 1 saturated heterocycles. The molecule has 0 spiro atoms. The van der Waals surface area contributed by atoms with Crippen molar-refractivity contribution in [2.45, 2.75) is 20.0 Å². The fourth-order valence-electron chi connectivity index (χ4n) is 3.73. The normalized spacial score (nSPS) is 15.0. The van der Waals surface area contributed by atoms with Crippen LogP contribution in [0.3, 0.4) is 0 Å². The maximum atomic E-state index is 12.0. The number of rotatable bonds is 5. The highest BCUT2D eigenvalue weighted by Crippen LogP contribution is 2.17. The first kappa shape index (κ1) is 19.1. The molecule has 0 aromatic carbocycles. The summed E-state index contributed by atoms with van der Waals surface area (Å²) in [5.41, 5.74) is 3.99. The van der Waals surface area contributed by atoms with Gasteiger partial charge in [0.1, 0.15) is 5.69 Å². The Morgan fingerprint density at radius 1 is 1.17 bits per heavy atom. The van der Waals surface area contributed by atoms with E-state index in [0.717, 1.165) is 55.1 Å². The van der Waals surface area contributed by atoms with E-state index in [-0.39, 0.29) is 11.6 Å². The van der Waals surface area contributed by atoms with E-state index < -0.39 is 0 Å². The fourth-order valence-corrected chi connectivity index (χ4v) is 3.73. The zero-order chi connectivity index (χ0) is 20.4. The Kier molecular flexibility index (Phi) is 5.30. The number of anilines is 1. The Labute approximate surface area is 168 Å². The minimum Gasteiger partial charge on any atom is -0.368 e. The Hall–Kier alpha value is -3.20. The molecule has 9 nitrogen and oxygen atoms in total. The van der Waals surface area contributed by atoms with Crippen molar-refractivity contribution in [3.63, 3.8) is 0 Å². The molecular weight excluding hydrogens is 370 g/mol. The van der Waals surface area contributed by atoms with Crippen LogP contribution < -0.4 is 15.9 Å². The lowest BCUT2D eigenvalue weighted by Gasteiger charge is -2.35. The number of aromatic nitrogens is 4. The number of fused-ring (bicyclic) bond motifs is 1. The quantitative estimate of drug-likeness (QED) is 0.664. The first-order valence-corrected chi connectivity index (χ1v) is 9.82. The third kappa shape index (κ3) is 3.86. The standard InChI is InChI=1S/C20H25N7O2/c1-3-27-18-12-22-14(10-17(18)24-20(27)29)13-25-6-8-26(9-7-25)15-4-5-16(23-11-15)19(28)21-2/h4-5,10-12H,3,6-9,13H2,1-2H3,(H,21,28)(H,24,29). The molecule has 1 aliphatic heterocycles. The average molecular weight is 395 g/mol. The van der Waals surface area contributed by atoms with E-state index in [0.29, 0.717) is 12.2 Å². The molecule has 1 fully saturated rings. The molecule has 4 rings (SSSR count). The minimum atomic E-state index is -0.179. The molecule has 9 heteroatoms. The van der Waals surface area contributed by atoms with Crippen molar-refractivity contribution in [3.05, 3.63) is 52.5 Å². The van der Waals surface area contributed by atoms with Gasteiger partial charge in [-0.25, -0.2) is 9.78 Å². The predicted molar refractivity (Wildman–Crippen MR) is 111 cm³/mol. The minimum absolute atomic E-state index is 0.0916. The Balaban J connectivity index is 1.38. The first-order chi connectivity index (χ1) is 14.1. The molecule has 4 heterocycles. The van der Waals surface area contributed by atoms with Crippen molar-refractivity contribution in [3.8, 4) is 0 Å². The van der Waals surface area contributed by atoms with Crippen LogP contribution in [0.25, 0.3) is 11.0 Å². The molecule has 0 atom stereocenters. The second-order valence-corrected chi connectivity index (χ2v) is 7.11. The van der Waals surface area contributed by atoms with E-state index in [9.17, 15) is 9.59 Å². The molecule has 1 amide bonds. The molecule has 0 bridgehead atoms. The molecule has 0 saturated carbocycles. The van der Waals surface area contributed by atoms with Gasteiger partial charge in [0.25, 0.3) is 5.91 Å². The maximum Gasteiger partial charge on any atom is 0.326 e. The number of hydrogen-bond donors (Lipinski definition) is 2. The van der Waals surface area contributed by atoms with Crippen LogP contribution in [0.1, 0.15) is 23.1 Å². The van der Waals surface area contributed by atoms with Crippen molar-refractivity contribution in [2.24, 2.45) is 0 Å². The lowest BCUT2D eigenvalue weighted by atomic mass is 10.2. The summed E-state index contributed by atoms with van der Waals surface area (Å²) in [5, 5.41) is 2.58. The maximum absolute atomic E-state index is 12.0. The lowest BCUT2D eigenvalue weighted by molar-refractivity contribution is 0.0958. The number of amides is 1. The largest absolute Gasteiger partial charge is 0.368 e. The summed E-state index contributed by atoms with van der Waals surface area (Å²) in [6.07, 6.45) is 3.53. The van der Waals surface area contributed by atoms with Crippen LogP contribution in [0.2, 0.25) is 0 Å². The highest BCUT2D eigenvalue weighted by Gasteiger charge is 2.19. The number of nitrogens with zero attached hydrogens (tertiary/aromatic N) is 5. The van der Waals surface area contributed by atoms with E-state index in [1.165, 1.54) is 0 Å². The average Bonchev–Trinajstić information content (AvgIpc) is 3.08. The highest BCUT2D eigenvalue weighted by atomic mass is 16.2. The van der Waals surface area contributed by atoms with Crippen molar-refractivity contribution >= 4 is 22.6 Å². The van der Waals surface area contributed by atoms with Crippen molar-refractivity contribution in [1.29, 1.82) is 0 Å². The van der Waals surface area contributed by atoms with Crippen LogP contribution in [0.4, 0.5) is 5.69 Å². The molecule has 29 heavy (non-hydrogen) atoms. The molecule has 1 aliphatic rings. The summed E-state index contributed by atoms with van der Waals surface area (Å²) in [5.74, 6) is -0.179. The highest BCUT2D eigenvalue weighted by molar-refractivity contribution is 5.92. The number of pyridine rings is 2. The molecular formula is C20H25N7O2. The Morgan fingerprint density at radius 2 is 1.97 bits per heavy atom. The number of imidazole rings is 1. The zero-order valence-corrected chi connectivity index (χ0v) is 16.7. The second-order valence-electron chi connectivity index (χ2n) is 7.11. The van der Waals surface area contributed by atoms with Crippen LogP contribution in [-0.4, -0.2) is 63.6 Å². The smallest absolute Gasteiger partial charge is 0.326 e. The number of nitrogens with one attached hydrogen (secondary N) is 2. The monoisotopic (exact) mass is 395 g/mol. The van der Waals surface area contributed by atoms with Gasteiger partial charge in [0.2, 0.25) is 0 Å². The predicted octanol–water partition coefficient (Wildman–Crippen LogP) is 0.821. The van der Waals surface area contributed by atoms with Crippen LogP contribution in [-0.2, 0) is 13.1 Å². The van der Waals surface area contributed by atoms with E-state index in [1.807, 2.05) is 19.1 Å². The van der Waals surface area contributed by atoms with Gasteiger partial charge in [0, 0.05) is 46.3 Å².